The number of carbonyl (C=O) groups is 1. The molecule has 74 valence electrons. The van der Waals surface area contributed by atoms with Crippen LogP contribution in [-0.2, 0) is 11.3 Å². The van der Waals surface area contributed by atoms with Gasteiger partial charge in [-0.1, -0.05) is 11.6 Å². The topological polar surface area (TPSA) is 49.3 Å². The Balaban J connectivity index is 0.00000144. The second-order valence-corrected chi connectivity index (χ2v) is 4.00. The van der Waals surface area contributed by atoms with E-state index in [1.165, 1.54) is 11.3 Å². The monoisotopic (exact) mass is 241 g/mol. The molecule has 0 aliphatic carbocycles. The number of aliphatic carboxylic acids is 1. The number of nitrogens with one attached hydrogen (secondary N) is 1. The molecule has 2 N–H and O–H groups in total. The number of carboxylic acids is 1. The molecule has 0 unspecified atom stereocenters. The van der Waals surface area contributed by atoms with E-state index >= 15 is 0 Å². The highest BCUT2D eigenvalue weighted by Crippen LogP contribution is 2.20. The van der Waals surface area contributed by atoms with Crippen molar-refractivity contribution in [3.63, 3.8) is 0 Å². The molecule has 1 aromatic heterocycles. The Morgan fingerprint density at radius 3 is 2.77 bits per heavy atom. The number of hydrogen-bond acceptors (Lipinski definition) is 3. The van der Waals surface area contributed by atoms with Gasteiger partial charge in [-0.25, -0.2) is 0 Å². The van der Waals surface area contributed by atoms with E-state index in [-0.39, 0.29) is 19.0 Å². The fourth-order valence-corrected chi connectivity index (χ4v) is 1.80. The molecular weight excluding hydrogens is 233 g/mol. The molecule has 6 heteroatoms. The molecule has 0 radical (unpaired) electrons. The summed E-state index contributed by atoms with van der Waals surface area (Å²) < 4.78 is 0.724. The van der Waals surface area contributed by atoms with Crippen molar-refractivity contribution in [2.24, 2.45) is 0 Å². The smallest absolute Gasteiger partial charge is 0.317 e. The molecule has 0 bridgehead atoms. The van der Waals surface area contributed by atoms with Gasteiger partial charge in [0.1, 0.15) is 0 Å². The van der Waals surface area contributed by atoms with Crippen LogP contribution in [0.15, 0.2) is 12.1 Å². The first-order valence-electron chi connectivity index (χ1n) is 3.35. The maximum atomic E-state index is 10.1. The van der Waals surface area contributed by atoms with Crippen molar-refractivity contribution in [1.82, 2.24) is 5.32 Å². The molecule has 0 spiro atoms. The standard InChI is InChI=1S/C7H8ClNO2S.ClH/c8-6-2-1-5(12-6)3-9-4-7(10)11;/h1-2,9H,3-4H2,(H,10,11);1H. The van der Waals surface area contributed by atoms with Gasteiger partial charge in [-0.3, -0.25) is 4.79 Å². The maximum absolute atomic E-state index is 10.1. The highest BCUT2D eigenvalue weighted by molar-refractivity contribution is 7.16. The van der Waals surface area contributed by atoms with E-state index in [1.807, 2.05) is 6.07 Å². The summed E-state index contributed by atoms with van der Waals surface area (Å²) in [5.41, 5.74) is 0. The Hall–Kier alpha value is -0.290. The van der Waals surface area contributed by atoms with Crippen molar-refractivity contribution in [2.75, 3.05) is 6.54 Å². The molecule has 1 rings (SSSR count). The number of halogens is 2. The predicted octanol–water partition coefficient (Wildman–Crippen LogP) is 2.00. The average molecular weight is 242 g/mol. The summed E-state index contributed by atoms with van der Waals surface area (Å²) in [5, 5.41) is 11.1. The minimum Gasteiger partial charge on any atom is -0.480 e. The maximum Gasteiger partial charge on any atom is 0.317 e. The fourth-order valence-electron chi connectivity index (χ4n) is 0.739. The van der Waals surface area contributed by atoms with Gasteiger partial charge in [0.05, 0.1) is 10.9 Å². The second-order valence-electron chi connectivity index (χ2n) is 2.20. The van der Waals surface area contributed by atoms with Crippen molar-refractivity contribution in [3.8, 4) is 0 Å². The molecule has 1 heterocycles. The van der Waals surface area contributed by atoms with Crippen LogP contribution < -0.4 is 5.32 Å². The van der Waals surface area contributed by atoms with E-state index in [0.717, 1.165) is 9.21 Å². The molecule has 13 heavy (non-hydrogen) atoms. The normalized spacial score (nSPS) is 9.31. The molecule has 1 aromatic rings. The zero-order chi connectivity index (χ0) is 8.97. The van der Waals surface area contributed by atoms with Crippen LogP contribution in [0, 0.1) is 0 Å². The molecule has 0 amide bonds. The van der Waals surface area contributed by atoms with Crippen LogP contribution in [0.5, 0.6) is 0 Å². The van der Waals surface area contributed by atoms with Crippen LogP contribution in [0.2, 0.25) is 4.34 Å². The Labute approximate surface area is 91.1 Å². The number of hydrogen-bond donors (Lipinski definition) is 2. The zero-order valence-corrected chi connectivity index (χ0v) is 9.01. The van der Waals surface area contributed by atoms with E-state index in [9.17, 15) is 4.79 Å². The van der Waals surface area contributed by atoms with Crippen LogP contribution in [-0.4, -0.2) is 17.6 Å². The second kappa shape index (κ2) is 6.21. The van der Waals surface area contributed by atoms with E-state index in [4.69, 9.17) is 16.7 Å². The minimum atomic E-state index is -0.849. The largest absolute Gasteiger partial charge is 0.480 e. The predicted molar refractivity (Wildman–Crippen MR) is 55.9 cm³/mol. The Bertz CT molecular complexity index is 277. The molecule has 0 fully saturated rings. The minimum absolute atomic E-state index is 0. The van der Waals surface area contributed by atoms with Crippen LogP contribution >= 0.6 is 35.3 Å². The molecule has 0 saturated heterocycles. The van der Waals surface area contributed by atoms with Crippen molar-refractivity contribution < 1.29 is 9.90 Å². The average Bonchev–Trinajstić information content (AvgIpc) is 2.35. The summed E-state index contributed by atoms with van der Waals surface area (Å²) in [6.07, 6.45) is 0. The summed E-state index contributed by atoms with van der Waals surface area (Å²) in [5.74, 6) is -0.849. The lowest BCUT2D eigenvalue weighted by Gasteiger charge is -1.96. The number of rotatable bonds is 4. The summed E-state index contributed by atoms with van der Waals surface area (Å²) in [4.78, 5) is 11.2. The lowest BCUT2D eigenvalue weighted by molar-refractivity contribution is -0.135. The lowest BCUT2D eigenvalue weighted by Crippen LogP contribution is -2.21. The van der Waals surface area contributed by atoms with E-state index in [1.54, 1.807) is 6.07 Å². The van der Waals surface area contributed by atoms with E-state index < -0.39 is 5.97 Å². The summed E-state index contributed by atoms with van der Waals surface area (Å²) in [6, 6.07) is 3.67. The quantitative estimate of drug-likeness (QED) is 0.848. The van der Waals surface area contributed by atoms with Gasteiger partial charge in [0.2, 0.25) is 0 Å². The van der Waals surface area contributed by atoms with E-state index in [0.29, 0.717) is 6.54 Å². The van der Waals surface area contributed by atoms with Crippen molar-refractivity contribution >= 4 is 41.3 Å². The first-order valence-corrected chi connectivity index (χ1v) is 4.54. The van der Waals surface area contributed by atoms with Crippen molar-refractivity contribution in [2.45, 2.75) is 6.54 Å². The van der Waals surface area contributed by atoms with Crippen LogP contribution in [0.4, 0.5) is 0 Å². The highest BCUT2D eigenvalue weighted by Gasteiger charge is 1.98. The number of carboxylic acid groups (broad SMARTS) is 1. The van der Waals surface area contributed by atoms with Crippen LogP contribution in [0.3, 0.4) is 0 Å². The van der Waals surface area contributed by atoms with Crippen molar-refractivity contribution in [1.29, 1.82) is 0 Å². The Morgan fingerprint density at radius 1 is 1.62 bits per heavy atom. The van der Waals surface area contributed by atoms with E-state index in [2.05, 4.69) is 5.32 Å². The highest BCUT2D eigenvalue weighted by atomic mass is 35.5. The van der Waals surface area contributed by atoms with Gasteiger partial charge < -0.3 is 10.4 Å². The van der Waals surface area contributed by atoms with Gasteiger partial charge in [-0.2, -0.15) is 0 Å². The van der Waals surface area contributed by atoms with Gasteiger partial charge in [-0.05, 0) is 12.1 Å². The van der Waals surface area contributed by atoms with Gasteiger partial charge in [0, 0.05) is 11.4 Å². The first-order chi connectivity index (χ1) is 5.68. The third-order valence-corrected chi connectivity index (χ3v) is 2.44. The van der Waals surface area contributed by atoms with Crippen molar-refractivity contribution in [3.05, 3.63) is 21.3 Å². The van der Waals surface area contributed by atoms with Gasteiger partial charge >= 0.3 is 5.97 Å². The molecule has 0 aliphatic rings. The summed E-state index contributed by atoms with van der Waals surface area (Å²) in [6.45, 7) is 0.541. The molecule has 0 saturated carbocycles. The summed E-state index contributed by atoms with van der Waals surface area (Å²) >= 11 is 7.13. The SMILES string of the molecule is Cl.O=C(O)CNCc1ccc(Cl)s1. The molecule has 0 aromatic carbocycles. The number of thiophene rings is 1. The van der Waals surface area contributed by atoms with Crippen LogP contribution in [0.25, 0.3) is 0 Å². The summed E-state index contributed by atoms with van der Waals surface area (Å²) in [7, 11) is 0. The van der Waals surface area contributed by atoms with Crippen LogP contribution in [0.1, 0.15) is 4.88 Å². The lowest BCUT2D eigenvalue weighted by atomic mass is 10.4. The molecular formula is C7H9Cl2NO2S. The first kappa shape index (κ1) is 12.7. The third-order valence-electron chi connectivity index (χ3n) is 1.20. The third kappa shape index (κ3) is 5.10. The molecule has 0 atom stereocenters. The zero-order valence-electron chi connectivity index (χ0n) is 6.62. The van der Waals surface area contributed by atoms with Gasteiger partial charge in [0.15, 0.2) is 0 Å². The molecule has 3 nitrogen and oxygen atoms in total. The molecule has 0 aliphatic heterocycles. The Morgan fingerprint density at radius 2 is 2.31 bits per heavy atom. The van der Waals surface area contributed by atoms with Gasteiger partial charge in [-0.15, -0.1) is 23.7 Å². The fraction of sp³-hybridized carbons (Fsp3) is 0.286. The van der Waals surface area contributed by atoms with Gasteiger partial charge in [0.25, 0.3) is 0 Å². The Kier molecular flexibility index (Phi) is 6.07.